The molecule has 2 fully saturated rings. The number of rotatable bonds is 14. The third-order valence-corrected chi connectivity index (χ3v) is 9.94. The van der Waals surface area contributed by atoms with Crippen molar-refractivity contribution >= 4 is 35.5 Å². The second-order valence-electron chi connectivity index (χ2n) is 16.9. The van der Waals surface area contributed by atoms with E-state index in [1.807, 2.05) is 65.0 Å². The highest BCUT2D eigenvalue weighted by atomic mass is 16.5. The fourth-order valence-corrected chi connectivity index (χ4v) is 6.73. The summed E-state index contributed by atoms with van der Waals surface area (Å²) in [6.07, 6.45) is 9.60. The van der Waals surface area contributed by atoms with Gasteiger partial charge in [0.1, 0.15) is 24.7 Å². The van der Waals surface area contributed by atoms with Crippen LogP contribution in [0.15, 0.2) is 30.3 Å². The number of urea groups is 1. The Labute approximate surface area is 302 Å². The number of hydrogen-bond donors (Lipinski definition) is 4. The van der Waals surface area contributed by atoms with Crippen molar-refractivity contribution in [2.24, 2.45) is 33.8 Å². The molecule has 5 N–H and O–H groups in total. The Balaban J connectivity index is 1.86. The summed E-state index contributed by atoms with van der Waals surface area (Å²) in [7, 11) is 0. The highest BCUT2D eigenvalue weighted by molar-refractivity contribution is 6.37. The Bertz CT molecular complexity index is 1480. The minimum atomic E-state index is -1.14. The average molecular weight is 708 g/mol. The van der Waals surface area contributed by atoms with E-state index in [1.54, 1.807) is 20.8 Å². The van der Waals surface area contributed by atoms with Crippen LogP contribution in [0, 0.1) is 40.4 Å². The van der Waals surface area contributed by atoms with Crippen LogP contribution in [0.4, 0.5) is 4.79 Å². The number of nitrogens with two attached hydrogens (primary N) is 1. The predicted octanol–water partition coefficient (Wildman–Crippen LogP) is 3.85. The number of likely N-dealkylation sites (tertiary alicyclic amines) is 1. The van der Waals surface area contributed by atoms with Crippen molar-refractivity contribution in [2.45, 2.75) is 125 Å². The van der Waals surface area contributed by atoms with E-state index in [0.29, 0.717) is 6.42 Å². The number of esters is 1. The van der Waals surface area contributed by atoms with E-state index in [2.05, 4.69) is 21.9 Å². The lowest BCUT2D eigenvalue weighted by Crippen LogP contribution is -2.62. The lowest BCUT2D eigenvalue weighted by molar-refractivity contribution is -0.148. The van der Waals surface area contributed by atoms with Crippen LogP contribution in [-0.2, 0) is 35.3 Å². The van der Waals surface area contributed by atoms with E-state index in [9.17, 15) is 28.8 Å². The molecule has 1 aliphatic heterocycles. The number of Topliss-reactive ketones (excluding diaryl/α,β-unsaturated/α-hetero) is 1. The highest BCUT2D eigenvalue weighted by Crippen LogP contribution is 2.40. The van der Waals surface area contributed by atoms with Crippen molar-refractivity contribution < 1.29 is 33.5 Å². The number of hydrogen-bond acceptors (Lipinski definition) is 7. The molecule has 0 radical (unpaired) electrons. The van der Waals surface area contributed by atoms with E-state index in [4.69, 9.17) is 16.9 Å². The Morgan fingerprint density at radius 3 is 2.06 bits per heavy atom. The van der Waals surface area contributed by atoms with Gasteiger partial charge in [-0.2, -0.15) is 0 Å². The van der Waals surface area contributed by atoms with Crippen LogP contribution in [0.5, 0.6) is 0 Å². The summed E-state index contributed by atoms with van der Waals surface area (Å²) in [5.41, 5.74) is 4.14. The van der Waals surface area contributed by atoms with Gasteiger partial charge in [0.15, 0.2) is 0 Å². The third-order valence-electron chi connectivity index (χ3n) is 9.94. The first-order chi connectivity index (χ1) is 23.6. The molecular formula is C39H57N5O7. The van der Waals surface area contributed by atoms with Gasteiger partial charge in [-0.15, -0.1) is 12.3 Å². The standard InChI is InChI=1S/C39H57N5O7/c1-10-39(8,9)26-19-20-44(29(26)33(47)41-27(30(45)32(40)46)21-24-17-14-18-24)34(48)31(38(5,6)7)43-36(50)42-28(22-37(2,3)4)35(49)51-23-25-15-12-11-13-16-25/h1,11-13,15-16,24,26-29,31H,14,17-23H2,2-9H3,(H2,40,46)(H,41,47)(H2,42,43,50)/t26-,27?,28-,29-,31+/m0/s1. The van der Waals surface area contributed by atoms with Crippen molar-refractivity contribution in [1.29, 1.82) is 0 Å². The number of nitrogens with one attached hydrogen (secondary N) is 3. The van der Waals surface area contributed by atoms with Gasteiger partial charge in [0, 0.05) is 17.9 Å². The van der Waals surface area contributed by atoms with Crippen LogP contribution in [0.25, 0.3) is 0 Å². The number of ether oxygens (including phenoxy) is 1. The van der Waals surface area contributed by atoms with Gasteiger partial charge in [-0.3, -0.25) is 19.2 Å². The predicted molar refractivity (Wildman–Crippen MR) is 193 cm³/mol. The van der Waals surface area contributed by atoms with Crippen molar-refractivity contribution in [3.63, 3.8) is 0 Å². The molecule has 0 spiro atoms. The average Bonchev–Trinajstić information content (AvgIpc) is 3.48. The summed E-state index contributed by atoms with van der Waals surface area (Å²) >= 11 is 0. The number of amides is 5. The minimum Gasteiger partial charge on any atom is -0.459 e. The molecule has 12 heteroatoms. The fraction of sp³-hybridized carbons (Fsp3) is 0.641. The smallest absolute Gasteiger partial charge is 0.329 e. The zero-order valence-corrected chi connectivity index (χ0v) is 31.5. The van der Waals surface area contributed by atoms with Crippen LogP contribution >= 0.6 is 0 Å². The first-order valence-corrected chi connectivity index (χ1v) is 17.8. The van der Waals surface area contributed by atoms with E-state index < -0.39 is 76.4 Å². The van der Waals surface area contributed by atoms with Gasteiger partial charge in [0.2, 0.25) is 17.6 Å². The van der Waals surface area contributed by atoms with Crippen molar-refractivity contribution in [2.75, 3.05) is 6.54 Å². The number of primary amides is 1. The van der Waals surface area contributed by atoms with E-state index in [-0.39, 0.29) is 37.3 Å². The molecule has 1 heterocycles. The Kier molecular flexibility index (Phi) is 13.5. The molecule has 280 valence electrons. The third kappa shape index (κ3) is 11.3. The van der Waals surface area contributed by atoms with Crippen molar-refractivity contribution in [3.8, 4) is 12.3 Å². The van der Waals surface area contributed by atoms with Gasteiger partial charge in [-0.1, -0.05) is 91.1 Å². The highest BCUT2D eigenvalue weighted by Gasteiger charge is 2.51. The molecule has 1 aromatic rings. The molecule has 3 rings (SSSR count). The van der Waals surface area contributed by atoms with Crippen LogP contribution in [0.3, 0.4) is 0 Å². The molecule has 12 nitrogen and oxygen atoms in total. The van der Waals surface area contributed by atoms with E-state index in [0.717, 1.165) is 24.8 Å². The van der Waals surface area contributed by atoms with Gasteiger partial charge in [0.25, 0.3) is 5.91 Å². The van der Waals surface area contributed by atoms with Gasteiger partial charge in [0.05, 0.1) is 6.04 Å². The zero-order chi connectivity index (χ0) is 38.3. The van der Waals surface area contributed by atoms with Crippen molar-refractivity contribution in [3.05, 3.63) is 35.9 Å². The maximum absolute atomic E-state index is 14.5. The van der Waals surface area contributed by atoms with Gasteiger partial charge in [-0.25, -0.2) is 9.59 Å². The Morgan fingerprint density at radius 1 is 0.922 bits per heavy atom. The van der Waals surface area contributed by atoms with Gasteiger partial charge < -0.3 is 31.3 Å². The molecule has 1 aliphatic carbocycles. The molecule has 0 bridgehead atoms. The summed E-state index contributed by atoms with van der Waals surface area (Å²) < 4.78 is 5.56. The van der Waals surface area contributed by atoms with Crippen LogP contribution in [0.2, 0.25) is 0 Å². The lowest BCUT2D eigenvalue weighted by Gasteiger charge is -2.39. The molecule has 5 amide bonds. The largest absolute Gasteiger partial charge is 0.459 e. The first kappa shape index (κ1) is 41.0. The second kappa shape index (κ2) is 16.7. The van der Waals surface area contributed by atoms with Crippen LogP contribution < -0.4 is 21.7 Å². The van der Waals surface area contributed by atoms with Crippen LogP contribution in [0.1, 0.15) is 99.5 Å². The molecule has 5 atom stereocenters. The number of carbonyl (C=O) groups is 6. The SMILES string of the molecule is C#CC(C)(C)[C@H]1CCN(C(=O)[C@@H](NC(=O)N[C@@H](CC(C)(C)C)C(=O)OCc2ccccc2)C(C)(C)C)[C@@H]1C(=O)NC(CC1CCC1)C(=O)C(N)=O. The zero-order valence-electron chi connectivity index (χ0n) is 31.5. The first-order valence-electron chi connectivity index (χ1n) is 17.8. The quantitative estimate of drug-likeness (QED) is 0.129. The summed E-state index contributed by atoms with van der Waals surface area (Å²) in [6.45, 7) is 15.0. The molecule has 51 heavy (non-hydrogen) atoms. The molecule has 1 aromatic carbocycles. The Hall–Kier alpha value is -4.40. The van der Waals surface area contributed by atoms with Crippen molar-refractivity contribution in [1.82, 2.24) is 20.9 Å². The summed E-state index contributed by atoms with van der Waals surface area (Å²) in [6, 6.07) is 4.09. The van der Waals surface area contributed by atoms with Crippen LogP contribution in [-0.4, -0.2) is 71.1 Å². The molecule has 1 saturated carbocycles. The fourth-order valence-electron chi connectivity index (χ4n) is 6.73. The molecular weight excluding hydrogens is 650 g/mol. The normalized spacial score (nSPS) is 19.8. The summed E-state index contributed by atoms with van der Waals surface area (Å²) in [5, 5.41) is 8.26. The summed E-state index contributed by atoms with van der Waals surface area (Å²) in [5.74, 6) is -1.36. The minimum absolute atomic E-state index is 0.0346. The molecule has 0 aromatic heterocycles. The van der Waals surface area contributed by atoms with Gasteiger partial charge in [-0.05, 0) is 55.4 Å². The number of carbonyl (C=O) groups excluding carboxylic acids is 6. The number of benzene rings is 1. The maximum Gasteiger partial charge on any atom is 0.329 e. The number of terminal acetylenes is 1. The maximum atomic E-state index is 14.5. The number of nitrogens with zero attached hydrogens (tertiary/aromatic N) is 1. The Morgan fingerprint density at radius 2 is 1.55 bits per heavy atom. The molecule has 1 unspecified atom stereocenters. The molecule has 1 saturated heterocycles. The van der Waals surface area contributed by atoms with E-state index >= 15 is 0 Å². The van der Waals surface area contributed by atoms with E-state index in [1.165, 1.54) is 4.90 Å². The monoisotopic (exact) mass is 707 g/mol. The summed E-state index contributed by atoms with van der Waals surface area (Å²) in [4.78, 5) is 81.7. The molecule has 2 aliphatic rings. The van der Waals surface area contributed by atoms with Gasteiger partial charge >= 0.3 is 12.0 Å². The lowest BCUT2D eigenvalue weighted by atomic mass is 9.74. The topological polar surface area (TPSA) is 177 Å². The number of ketones is 1. The second-order valence-corrected chi connectivity index (χ2v) is 16.9.